The monoisotopic (exact) mass is 140 g/mol. The van der Waals surface area contributed by atoms with Crippen molar-refractivity contribution in [1.82, 2.24) is 5.32 Å². The summed E-state index contributed by atoms with van der Waals surface area (Å²) in [4.78, 5) is 0. The maximum atomic E-state index is 5.62. The van der Waals surface area contributed by atoms with E-state index in [1.54, 1.807) is 0 Å². The molecular formula is C8H16N2. The van der Waals surface area contributed by atoms with Crippen LogP contribution in [0, 0.1) is 17.8 Å². The van der Waals surface area contributed by atoms with Crippen LogP contribution >= 0.6 is 0 Å². The van der Waals surface area contributed by atoms with E-state index in [0.29, 0.717) is 0 Å². The van der Waals surface area contributed by atoms with Crippen molar-refractivity contribution in [2.45, 2.75) is 12.8 Å². The molecule has 1 aliphatic carbocycles. The smallest absolute Gasteiger partial charge is 0.00172 e. The molecule has 1 aliphatic heterocycles. The van der Waals surface area contributed by atoms with Crippen LogP contribution < -0.4 is 11.1 Å². The van der Waals surface area contributed by atoms with E-state index in [-0.39, 0.29) is 0 Å². The highest BCUT2D eigenvalue weighted by Crippen LogP contribution is 2.37. The highest BCUT2D eigenvalue weighted by Gasteiger charge is 2.36. The molecule has 1 saturated carbocycles. The van der Waals surface area contributed by atoms with Gasteiger partial charge in [-0.25, -0.2) is 0 Å². The van der Waals surface area contributed by atoms with Gasteiger partial charge in [0.25, 0.3) is 0 Å². The van der Waals surface area contributed by atoms with Crippen LogP contribution in [0.15, 0.2) is 0 Å². The van der Waals surface area contributed by atoms with E-state index in [0.717, 1.165) is 24.3 Å². The maximum Gasteiger partial charge on any atom is -0.00172 e. The summed E-state index contributed by atoms with van der Waals surface area (Å²) in [5, 5.41) is 3.43. The van der Waals surface area contributed by atoms with Gasteiger partial charge < -0.3 is 11.1 Å². The minimum absolute atomic E-state index is 0.845. The van der Waals surface area contributed by atoms with Gasteiger partial charge in [0.1, 0.15) is 0 Å². The third-order valence-corrected chi connectivity index (χ3v) is 3.09. The third kappa shape index (κ3) is 0.956. The van der Waals surface area contributed by atoms with Crippen molar-refractivity contribution in [3.8, 4) is 0 Å². The quantitative estimate of drug-likeness (QED) is 0.545. The molecule has 0 amide bonds. The minimum atomic E-state index is 0.845. The lowest BCUT2D eigenvalue weighted by Gasteiger charge is -2.05. The number of nitrogens with two attached hydrogens (primary N) is 1. The van der Waals surface area contributed by atoms with Gasteiger partial charge in [0.05, 0.1) is 0 Å². The fourth-order valence-corrected chi connectivity index (χ4v) is 2.48. The molecule has 2 unspecified atom stereocenters. The molecule has 2 nitrogen and oxygen atoms in total. The summed E-state index contributed by atoms with van der Waals surface area (Å²) in [5.74, 6) is 2.78. The number of hydrogen-bond acceptors (Lipinski definition) is 2. The molecule has 2 atom stereocenters. The Morgan fingerprint density at radius 3 is 2.30 bits per heavy atom. The van der Waals surface area contributed by atoms with Gasteiger partial charge >= 0.3 is 0 Å². The van der Waals surface area contributed by atoms with E-state index < -0.39 is 0 Å². The summed E-state index contributed by atoms with van der Waals surface area (Å²) in [6.07, 6.45) is 2.77. The van der Waals surface area contributed by atoms with Gasteiger partial charge in [0.15, 0.2) is 0 Å². The summed E-state index contributed by atoms with van der Waals surface area (Å²) >= 11 is 0. The van der Waals surface area contributed by atoms with E-state index in [1.807, 2.05) is 0 Å². The Morgan fingerprint density at radius 2 is 1.80 bits per heavy atom. The molecule has 0 aromatic carbocycles. The first-order valence-corrected chi connectivity index (χ1v) is 4.31. The molecule has 0 radical (unpaired) electrons. The van der Waals surface area contributed by atoms with Crippen molar-refractivity contribution < 1.29 is 0 Å². The zero-order valence-corrected chi connectivity index (χ0v) is 6.34. The van der Waals surface area contributed by atoms with Crippen LogP contribution in [0.25, 0.3) is 0 Å². The van der Waals surface area contributed by atoms with Crippen molar-refractivity contribution >= 4 is 0 Å². The van der Waals surface area contributed by atoms with E-state index in [2.05, 4.69) is 5.32 Å². The predicted octanol–water partition coefficient (Wildman–Crippen LogP) is 0.191. The molecular weight excluding hydrogens is 124 g/mol. The standard InChI is InChI=1S/C8H16N2/c9-3-6-1-7-4-10-5-8(7)2-6/h6-8,10H,1-5,9H2. The molecule has 0 aromatic heterocycles. The SMILES string of the molecule is NCC1CC2CNCC2C1. The Kier molecular flexibility index (Phi) is 1.66. The number of rotatable bonds is 1. The molecule has 1 heterocycles. The largest absolute Gasteiger partial charge is 0.330 e. The molecule has 1 saturated heterocycles. The highest BCUT2D eigenvalue weighted by atomic mass is 14.9. The number of nitrogens with one attached hydrogen (secondary N) is 1. The minimum Gasteiger partial charge on any atom is -0.330 e. The van der Waals surface area contributed by atoms with Gasteiger partial charge in [-0.05, 0) is 50.2 Å². The molecule has 0 bridgehead atoms. The second-order valence-corrected chi connectivity index (χ2v) is 3.75. The number of hydrogen-bond donors (Lipinski definition) is 2. The van der Waals surface area contributed by atoms with E-state index >= 15 is 0 Å². The van der Waals surface area contributed by atoms with Gasteiger partial charge in [0.2, 0.25) is 0 Å². The molecule has 0 aromatic rings. The van der Waals surface area contributed by atoms with E-state index in [4.69, 9.17) is 5.73 Å². The van der Waals surface area contributed by atoms with Gasteiger partial charge in [-0.3, -0.25) is 0 Å². The second-order valence-electron chi connectivity index (χ2n) is 3.75. The van der Waals surface area contributed by atoms with Crippen molar-refractivity contribution in [3.05, 3.63) is 0 Å². The molecule has 58 valence electrons. The molecule has 3 N–H and O–H groups in total. The zero-order valence-electron chi connectivity index (χ0n) is 6.34. The Balaban J connectivity index is 1.94. The first-order valence-electron chi connectivity index (χ1n) is 4.31. The van der Waals surface area contributed by atoms with Gasteiger partial charge in [-0.1, -0.05) is 0 Å². The van der Waals surface area contributed by atoms with Crippen molar-refractivity contribution in [2.75, 3.05) is 19.6 Å². The summed E-state index contributed by atoms with van der Waals surface area (Å²) in [5.41, 5.74) is 5.62. The molecule has 2 rings (SSSR count). The number of fused-ring (bicyclic) bond motifs is 1. The Bertz CT molecular complexity index is 112. The summed E-state index contributed by atoms with van der Waals surface area (Å²) < 4.78 is 0. The first kappa shape index (κ1) is 6.62. The Morgan fingerprint density at radius 1 is 1.20 bits per heavy atom. The highest BCUT2D eigenvalue weighted by molar-refractivity contribution is 4.90. The van der Waals surface area contributed by atoms with Crippen molar-refractivity contribution in [1.29, 1.82) is 0 Å². The lowest BCUT2D eigenvalue weighted by atomic mass is 10.0. The van der Waals surface area contributed by atoms with Crippen LogP contribution in [0.3, 0.4) is 0 Å². The van der Waals surface area contributed by atoms with Gasteiger partial charge in [0, 0.05) is 0 Å². The van der Waals surface area contributed by atoms with Crippen LogP contribution in [0.2, 0.25) is 0 Å². The van der Waals surface area contributed by atoms with Crippen LogP contribution in [0.5, 0.6) is 0 Å². The fourth-order valence-electron chi connectivity index (χ4n) is 2.48. The van der Waals surface area contributed by atoms with Gasteiger partial charge in [-0.2, -0.15) is 0 Å². The predicted molar refractivity (Wildman–Crippen MR) is 41.6 cm³/mol. The molecule has 0 spiro atoms. The van der Waals surface area contributed by atoms with Crippen LogP contribution in [0.1, 0.15) is 12.8 Å². The first-order chi connectivity index (χ1) is 4.90. The summed E-state index contributed by atoms with van der Waals surface area (Å²) in [6.45, 7) is 3.41. The summed E-state index contributed by atoms with van der Waals surface area (Å²) in [6, 6.07) is 0. The normalized spacial score (nSPS) is 45.9. The molecule has 2 aliphatic rings. The topological polar surface area (TPSA) is 38.0 Å². The second kappa shape index (κ2) is 2.51. The van der Waals surface area contributed by atoms with Crippen LogP contribution in [-0.4, -0.2) is 19.6 Å². The van der Waals surface area contributed by atoms with Crippen LogP contribution in [-0.2, 0) is 0 Å². The average molecular weight is 140 g/mol. The van der Waals surface area contributed by atoms with E-state index in [9.17, 15) is 0 Å². The molecule has 10 heavy (non-hydrogen) atoms. The average Bonchev–Trinajstić information content (AvgIpc) is 2.42. The van der Waals surface area contributed by atoms with Crippen LogP contribution in [0.4, 0.5) is 0 Å². The lowest BCUT2D eigenvalue weighted by molar-refractivity contribution is 0.494. The van der Waals surface area contributed by atoms with Crippen molar-refractivity contribution in [2.24, 2.45) is 23.5 Å². The maximum absolute atomic E-state index is 5.62. The molecule has 2 fully saturated rings. The zero-order chi connectivity index (χ0) is 6.97. The Hall–Kier alpha value is -0.0800. The fraction of sp³-hybridized carbons (Fsp3) is 1.00. The Labute approximate surface area is 62.2 Å². The molecule has 2 heteroatoms. The van der Waals surface area contributed by atoms with Gasteiger partial charge in [-0.15, -0.1) is 0 Å². The lowest BCUT2D eigenvalue weighted by Crippen LogP contribution is -2.16. The third-order valence-electron chi connectivity index (χ3n) is 3.09. The summed E-state index contributed by atoms with van der Waals surface area (Å²) in [7, 11) is 0. The van der Waals surface area contributed by atoms with Crippen molar-refractivity contribution in [3.63, 3.8) is 0 Å². The van der Waals surface area contributed by atoms with E-state index in [1.165, 1.54) is 25.9 Å².